The fraction of sp³-hybridized carbons (Fsp3) is 0.400. The van der Waals surface area contributed by atoms with Crippen molar-refractivity contribution in [3.05, 3.63) is 41.7 Å². The smallest absolute Gasteiger partial charge is 0.293 e. The lowest BCUT2D eigenvalue weighted by molar-refractivity contribution is 0.0775. The van der Waals surface area contributed by atoms with Crippen LogP contribution < -0.4 is 0 Å². The molecule has 118 valence electrons. The maximum absolute atomic E-state index is 12.6. The third-order valence-corrected chi connectivity index (χ3v) is 4.15. The molecule has 1 amide bonds. The number of aryl methyl sites for hydroxylation is 2. The molecule has 3 aromatic rings. The van der Waals surface area contributed by atoms with Crippen molar-refractivity contribution >= 4 is 11.7 Å². The molecule has 8 heteroatoms. The molecule has 0 bridgehead atoms. The molecule has 23 heavy (non-hydrogen) atoms. The lowest BCUT2D eigenvalue weighted by atomic mass is 10.2. The molecule has 4 heterocycles. The highest BCUT2D eigenvalue weighted by atomic mass is 16.2. The maximum Gasteiger partial charge on any atom is 0.293 e. The van der Waals surface area contributed by atoms with Crippen LogP contribution in [0.4, 0.5) is 0 Å². The fourth-order valence-corrected chi connectivity index (χ4v) is 3.11. The van der Waals surface area contributed by atoms with Crippen molar-refractivity contribution in [3.8, 4) is 0 Å². The topological polar surface area (TPSA) is 81.2 Å². The van der Waals surface area contributed by atoms with Gasteiger partial charge in [-0.25, -0.2) is 9.50 Å². The fourth-order valence-electron chi connectivity index (χ4n) is 3.11. The molecular weight excluding hydrogens is 294 g/mol. The molecule has 0 saturated carbocycles. The molecule has 0 radical (unpaired) electrons. The largest absolute Gasteiger partial charge is 0.334 e. The first-order valence-electron chi connectivity index (χ1n) is 7.61. The van der Waals surface area contributed by atoms with E-state index < -0.39 is 0 Å². The average molecular weight is 311 g/mol. The van der Waals surface area contributed by atoms with Crippen LogP contribution >= 0.6 is 0 Å². The number of nitrogens with zero attached hydrogens (tertiary/aromatic N) is 7. The lowest BCUT2D eigenvalue weighted by Crippen LogP contribution is -2.30. The summed E-state index contributed by atoms with van der Waals surface area (Å²) in [6, 6.07) is 4.02. The summed E-state index contributed by atoms with van der Waals surface area (Å²) in [7, 11) is 0. The standard InChI is InChI=1S/C15H17N7O/c1-10-8-11(2)22(18-10)12-4-7-20(9-12)14(23)13-17-15-16-5-3-6-21(15)19-13/h3,5-6,8,12H,4,7,9H2,1-2H3/t12-/m0/s1. The molecule has 0 N–H and O–H groups in total. The lowest BCUT2D eigenvalue weighted by Gasteiger charge is -2.15. The Labute approximate surface area is 132 Å². The Bertz CT molecular complexity index is 848. The van der Waals surface area contributed by atoms with Gasteiger partial charge in [0.05, 0.1) is 11.7 Å². The van der Waals surface area contributed by atoms with E-state index in [9.17, 15) is 4.79 Å². The predicted octanol–water partition coefficient (Wildman–Crippen LogP) is 1.02. The van der Waals surface area contributed by atoms with Gasteiger partial charge in [0.2, 0.25) is 5.82 Å². The molecule has 0 unspecified atom stereocenters. The number of likely N-dealkylation sites (tertiary alicyclic amines) is 1. The minimum absolute atomic E-state index is 0.153. The summed E-state index contributed by atoms with van der Waals surface area (Å²) in [5.41, 5.74) is 2.12. The van der Waals surface area contributed by atoms with Gasteiger partial charge in [0.1, 0.15) is 0 Å². The van der Waals surface area contributed by atoms with Gasteiger partial charge in [0.25, 0.3) is 11.7 Å². The second-order valence-corrected chi connectivity index (χ2v) is 5.87. The van der Waals surface area contributed by atoms with Gasteiger partial charge in [0.15, 0.2) is 0 Å². The average Bonchev–Trinajstić information content (AvgIpc) is 3.24. The van der Waals surface area contributed by atoms with E-state index in [-0.39, 0.29) is 17.8 Å². The number of carbonyl (C=O) groups is 1. The van der Waals surface area contributed by atoms with Crippen LogP contribution in [0.2, 0.25) is 0 Å². The van der Waals surface area contributed by atoms with Crippen molar-refractivity contribution in [1.82, 2.24) is 34.3 Å². The highest BCUT2D eigenvalue weighted by molar-refractivity contribution is 5.91. The van der Waals surface area contributed by atoms with Crippen LogP contribution in [0, 0.1) is 13.8 Å². The van der Waals surface area contributed by atoms with Crippen LogP contribution in [-0.2, 0) is 0 Å². The quantitative estimate of drug-likeness (QED) is 0.706. The summed E-state index contributed by atoms with van der Waals surface area (Å²) in [5.74, 6) is 0.474. The van der Waals surface area contributed by atoms with Gasteiger partial charge in [0, 0.05) is 31.2 Å². The molecule has 1 fully saturated rings. The Kier molecular flexibility index (Phi) is 3.10. The molecule has 8 nitrogen and oxygen atoms in total. The van der Waals surface area contributed by atoms with E-state index in [0.29, 0.717) is 18.9 Å². The molecule has 1 saturated heterocycles. The van der Waals surface area contributed by atoms with Gasteiger partial charge >= 0.3 is 0 Å². The maximum atomic E-state index is 12.6. The van der Waals surface area contributed by atoms with E-state index in [1.807, 2.05) is 18.5 Å². The number of carbonyl (C=O) groups excluding carboxylic acids is 1. The number of hydrogen-bond donors (Lipinski definition) is 0. The molecule has 0 spiro atoms. The third kappa shape index (κ3) is 2.36. The first-order chi connectivity index (χ1) is 11.1. The normalized spacial score (nSPS) is 18.0. The van der Waals surface area contributed by atoms with Crippen LogP contribution in [0.3, 0.4) is 0 Å². The molecule has 1 atom stereocenters. The van der Waals surface area contributed by atoms with Crippen molar-refractivity contribution in [2.45, 2.75) is 26.3 Å². The Hall–Kier alpha value is -2.77. The predicted molar refractivity (Wildman–Crippen MR) is 82.0 cm³/mol. The van der Waals surface area contributed by atoms with E-state index in [2.05, 4.69) is 26.2 Å². The van der Waals surface area contributed by atoms with Crippen LogP contribution in [0.5, 0.6) is 0 Å². The first kappa shape index (κ1) is 13.9. The summed E-state index contributed by atoms with van der Waals surface area (Å²) in [4.78, 5) is 22.7. The van der Waals surface area contributed by atoms with Crippen molar-refractivity contribution in [2.24, 2.45) is 0 Å². The summed E-state index contributed by atoms with van der Waals surface area (Å²) >= 11 is 0. The van der Waals surface area contributed by atoms with Crippen molar-refractivity contribution in [3.63, 3.8) is 0 Å². The van der Waals surface area contributed by atoms with E-state index in [1.54, 1.807) is 23.4 Å². The number of aromatic nitrogens is 6. The summed E-state index contributed by atoms with van der Waals surface area (Å²) in [5, 5.41) is 8.73. The molecule has 0 aromatic carbocycles. The highest BCUT2D eigenvalue weighted by Crippen LogP contribution is 2.24. The number of fused-ring (bicyclic) bond motifs is 1. The zero-order valence-corrected chi connectivity index (χ0v) is 13.0. The van der Waals surface area contributed by atoms with Gasteiger partial charge < -0.3 is 4.90 Å². The minimum Gasteiger partial charge on any atom is -0.334 e. The molecule has 1 aliphatic heterocycles. The van der Waals surface area contributed by atoms with Gasteiger partial charge in [-0.15, -0.1) is 5.10 Å². The summed E-state index contributed by atoms with van der Waals surface area (Å²) < 4.78 is 3.53. The second kappa shape index (κ2) is 5.15. The number of amides is 1. The Morgan fingerprint density at radius 2 is 2.17 bits per heavy atom. The van der Waals surface area contributed by atoms with Gasteiger partial charge in [-0.3, -0.25) is 9.48 Å². The number of rotatable bonds is 2. The van der Waals surface area contributed by atoms with Gasteiger partial charge in [-0.1, -0.05) is 0 Å². The monoisotopic (exact) mass is 311 g/mol. The Morgan fingerprint density at radius 3 is 2.91 bits per heavy atom. The molecular formula is C15H17N7O. The summed E-state index contributed by atoms with van der Waals surface area (Å²) in [6.07, 6.45) is 4.25. The zero-order chi connectivity index (χ0) is 16.0. The minimum atomic E-state index is -0.153. The van der Waals surface area contributed by atoms with Crippen LogP contribution in [-0.4, -0.2) is 53.3 Å². The van der Waals surface area contributed by atoms with Crippen molar-refractivity contribution < 1.29 is 4.79 Å². The van der Waals surface area contributed by atoms with Crippen molar-refractivity contribution in [2.75, 3.05) is 13.1 Å². The Morgan fingerprint density at radius 1 is 1.30 bits per heavy atom. The van der Waals surface area contributed by atoms with E-state index in [0.717, 1.165) is 17.8 Å². The first-order valence-corrected chi connectivity index (χ1v) is 7.61. The third-order valence-electron chi connectivity index (χ3n) is 4.15. The van der Waals surface area contributed by atoms with Crippen LogP contribution in [0.15, 0.2) is 24.5 Å². The van der Waals surface area contributed by atoms with Crippen molar-refractivity contribution in [1.29, 1.82) is 0 Å². The van der Waals surface area contributed by atoms with Crippen LogP contribution in [0.1, 0.15) is 34.5 Å². The number of hydrogen-bond acceptors (Lipinski definition) is 5. The molecule has 1 aliphatic rings. The second-order valence-electron chi connectivity index (χ2n) is 5.87. The van der Waals surface area contributed by atoms with E-state index >= 15 is 0 Å². The molecule has 3 aromatic heterocycles. The van der Waals surface area contributed by atoms with E-state index in [1.165, 1.54) is 4.52 Å². The zero-order valence-electron chi connectivity index (χ0n) is 13.0. The van der Waals surface area contributed by atoms with Crippen LogP contribution in [0.25, 0.3) is 5.78 Å². The Balaban J connectivity index is 1.55. The van der Waals surface area contributed by atoms with Gasteiger partial charge in [-0.05, 0) is 32.4 Å². The van der Waals surface area contributed by atoms with E-state index in [4.69, 9.17) is 0 Å². The summed E-state index contributed by atoms with van der Waals surface area (Å²) in [6.45, 7) is 5.34. The molecule has 0 aliphatic carbocycles. The van der Waals surface area contributed by atoms with Gasteiger partial charge in [-0.2, -0.15) is 10.1 Å². The SMILES string of the molecule is Cc1cc(C)n([C@H]2CCN(C(=O)c3nc4ncccn4n3)C2)n1. The molecule has 4 rings (SSSR count). The highest BCUT2D eigenvalue weighted by Gasteiger charge is 2.31.